The predicted molar refractivity (Wildman–Crippen MR) is 59.9 cm³/mol. The van der Waals surface area contributed by atoms with E-state index in [-0.39, 0.29) is 18.4 Å². The van der Waals surface area contributed by atoms with E-state index in [1.807, 2.05) is 12.1 Å². The predicted octanol–water partition coefficient (Wildman–Crippen LogP) is 2.31. The van der Waals surface area contributed by atoms with Crippen LogP contribution in [0.3, 0.4) is 0 Å². The zero-order chi connectivity index (χ0) is 9.68. The second-order valence-corrected chi connectivity index (χ2v) is 3.03. The van der Waals surface area contributed by atoms with E-state index in [2.05, 4.69) is 11.9 Å². The van der Waals surface area contributed by atoms with Crippen LogP contribution in [0.25, 0.3) is 0 Å². The van der Waals surface area contributed by atoms with Gasteiger partial charge >= 0.3 is 0 Å². The molecule has 0 radical (unpaired) electrons. The lowest BCUT2D eigenvalue weighted by molar-refractivity contribution is 0.397. The lowest BCUT2D eigenvalue weighted by Crippen LogP contribution is -2.09. The van der Waals surface area contributed by atoms with Gasteiger partial charge in [-0.05, 0) is 12.0 Å². The normalized spacial score (nSPS) is 11.6. The number of pyridine rings is 1. The van der Waals surface area contributed by atoms with Crippen LogP contribution in [0, 0.1) is 0 Å². The standard InChI is InChI=1S/C10H16N2O.ClH/c1-3-4-9(11)8-5-6-10(13-2)12-7-8;/h5-7,9H,3-4,11H2,1-2H3;1H/t9-;/m0./s1. The summed E-state index contributed by atoms with van der Waals surface area (Å²) in [6, 6.07) is 3.90. The molecule has 1 rings (SSSR count). The topological polar surface area (TPSA) is 48.1 Å². The van der Waals surface area contributed by atoms with Crippen molar-refractivity contribution in [2.75, 3.05) is 7.11 Å². The Morgan fingerprint density at radius 3 is 2.64 bits per heavy atom. The van der Waals surface area contributed by atoms with Gasteiger partial charge in [-0.1, -0.05) is 19.4 Å². The van der Waals surface area contributed by atoms with E-state index >= 15 is 0 Å². The van der Waals surface area contributed by atoms with E-state index in [0.29, 0.717) is 5.88 Å². The van der Waals surface area contributed by atoms with E-state index in [1.54, 1.807) is 13.3 Å². The molecule has 0 unspecified atom stereocenters. The quantitative estimate of drug-likeness (QED) is 0.841. The molecule has 0 aromatic carbocycles. The summed E-state index contributed by atoms with van der Waals surface area (Å²) < 4.78 is 4.96. The fourth-order valence-corrected chi connectivity index (χ4v) is 1.21. The second-order valence-electron chi connectivity index (χ2n) is 3.03. The van der Waals surface area contributed by atoms with E-state index < -0.39 is 0 Å². The van der Waals surface area contributed by atoms with Crippen molar-refractivity contribution in [1.82, 2.24) is 4.98 Å². The summed E-state index contributed by atoms with van der Waals surface area (Å²) in [6.07, 6.45) is 3.86. The average Bonchev–Trinajstić information content (AvgIpc) is 2.18. The SMILES string of the molecule is CCC[C@H](N)c1ccc(OC)nc1.Cl. The maximum Gasteiger partial charge on any atom is 0.212 e. The molecule has 0 saturated heterocycles. The highest BCUT2D eigenvalue weighted by molar-refractivity contribution is 5.85. The van der Waals surface area contributed by atoms with E-state index in [9.17, 15) is 0 Å². The third-order valence-corrected chi connectivity index (χ3v) is 2.00. The number of hydrogen-bond donors (Lipinski definition) is 1. The van der Waals surface area contributed by atoms with Crippen molar-refractivity contribution in [2.24, 2.45) is 5.73 Å². The molecule has 0 amide bonds. The molecule has 14 heavy (non-hydrogen) atoms. The lowest BCUT2D eigenvalue weighted by Gasteiger charge is -2.09. The van der Waals surface area contributed by atoms with Gasteiger partial charge in [-0.25, -0.2) is 4.98 Å². The van der Waals surface area contributed by atoms with Gasteiger partial charge in [0.1, 0.15) is 0 Å². The van der Waals surface area contributed by atoms with Crippen molar-refractivity contribution >= 4 is 12.4 Å². The van der Waals surface area contributed by atoms with Crippen LogP contribution in [0.15, 0.2) is 18.3 Å². The molecule has 3 nitrogen and oxygen atoms in total. The first kappa shape index (κ1) is 13.2. The highest BCUT2D eigenvalue weighted by atomic mass is 35.5. The third-order valence-electron chi connectivity index (χ3n) is 2.00. The minimum absolute atomic E-state index is 0. The van der Waals surface area contributed by atoms with Gasteiger partial charge in [-0.15, -0.1) is 12.4 Å². The molecule has 1 atom stereocenters. The molecule has 80 valence electrons. The Balaban J connectivity index is 0.00000169. The molecule has 4 heteroatoms. The molecule has 1 aromatic rings. The average molecular weight is 217 g/mol. The molecule has 0 bridgehead atoms. The second kappa shape index (κ2) is 6.62. The van der Waals surface area contributed by atoms with E-state index in [1.165, 1.54) is 0 Å². The van der Waals surface area contributed by atoms with Crippen molar-refractivity contribution in [3.63, 3.8) is 0 Å². The van der Waals surface area contributed by atoms with Gasteiger partial charge in [0.2, 0.25) is 5.88 Å². The Morgan fingerprint density at radius 2 is 2.21 bits per heavy atom. The van der Waals surface area contributed by atoms with E-state index in [4.69, 9.17) is 10.5 Å². The Bertz CT molecular complexity index is 251. The van der Waals surface area contributed by atoms with Crippen LogP contribution >= 0.6 is 12.4 Å². The first-order valence-corrected chi connectivity index (χ1v) is 4.53. The largest absolute Gasteiger partial charge is 0.481 e. The number of methoxy groups -OCH3 is 1. The Hall–Kier alpha value is -0.800. The fourth-order valence-electron chi connectivity index (χ4n) is 1.21. The third kappa shape index (κ3) is 3.52. The molecule has 0 aliphatic carbocycles. The van der Waals surface area contributed by atoms with Crippen LogP contribution in [0.1, 0.15) is 31.4 Å². The number of ether oxygens (including phenoxy) is 1. The van der Waals surface area contributed by atoms with Crippen LogP contribution in [0.4, 0.5) is 0 Å². The Kier molecular flexibility index (Phi) is 6.25. The summed E-state index contributed by atoms with van der Waals surface area (Å²) >= 11 is 0. The number of nitrogens with zero attached hydrogens (tertiary/aromatic N) is 1. The molecule has 1 aromatic heterocycles. The number of nitrogens with two attached hydrogens (primary N) is 1. The minimum atomic E-state index is 0. The number of hydrogen-bond acceptors (Lipinski definition) is 3. The van der Waals surface area contributed by atoms with Crippen LogP contribution in [-0.2, 0) is 0 Å². The Morgan fingerprint density at radius 1 is 1.50 bits per heavy atom. The zero-order valence-corrected chi connectivity index (χ0v) is 9.38. The van der Waals surface area contributed by atoms with Crippen molar-refractivity contribution < 1.29 is 4.74 Å². The number of rotatable bonds is 4. The fraction of sp³-hybridized carbons (Fsp3) is 0.500. The van der Waals surface area contributed by atoms with Gasteiger partial charge < -0.3 is 10.5 Å². The number of halogens is 1. The maximum absolute atomic E-state index is 5.92. The van der Waals surface area contributed by atoms with Crippen molar-refractivity contribution in [3.05, 3.63) is 23.9 Å². The molecule has 2 N–H and O–H groups in total. The monoisotopic (exact) mass is 216 g/mol. The summed E-state index contributed by atoms with van der Waals surface area (Å²) in [7, 11) is 1.61. The number of aromatic nitrogens is 1. The summed E-state index contributed by atoms with van der Waals surface area (Å²) in [6.45, 7) is 2.12. The van der Waals surface area contributed by atoms with Gasteiger partial charge in [0.05, 0.1) is 7.11 Å². The van der Waals surface area contributed by atoms with Crippen molar-refractivity contribution in [1.29, 1.82) is 0 Å². The molecule has 0 fully saturated rings. The van der Waals surface area contributed by atoms with Crippen molar-refractivity contribution in [3.8, 4) is 5.88 Å². The summed E-state index contributed by atoms with van der Waals surface area (Å²) in [4.78, 5) is 4.10. The summed E-state index contributed by atoms with van der Waals surface area (Å²) in [5, 5.41) is 0. The van der Waals surface area contributed by atoms with Crippen molar-refractivity contribution in [2.45, 2.75) is 25.8 Å². The maximum atomic E-state index is 5.92. The Labute approximate surface area is 91.1 Å². The molecule has 0 aliphatic heterocycles. The van der Waals surface area contributed by atoms with Crippen LogP contribution in [0.5, 0.6) is 5.88 Å². The first-order valence-electron chi connectivity index (χ1n) is 4.53. The molecule has 1 heterocycles. The van der Waals surface area contributed by atoms with E-state index in [0.717, 1.165) is 18.4 Å². The van der Waals surface area contributed by atoms with Gasteiger partial charge in [-0.2, -0.15) is 0 Å². The minimum Gasteiger partial charge on any atom is -0.481 e. The smallest absolute Gasteiger partial charge is 0.212 e. The molecular weight excluding hydrogens is 200 g/mol. The van der Waals surface area contributed by atoms with Crippen LogP contribution in [0.2, 0.25) is 0 Å². The highest BCUT2D eigenvalue weighted by Gasteiger charge is 2.04. The van der Waals surface area contributed by atoms with Gasteiger partial charge in [-0.3, -0.25) is 0 Å². The lowest BCUT2D eigenvalue weighted by atomic mass is 10.1. The first-order chi connectivity index (χ1) is 6.27. The molecule has 0 saturated carbocycles. The van der Waals surface area contributed by atoms with Gasteiger partial charge in [0, 0.05) is 18.3 Å². The molecular formula is C10H17ClN2O. The van der Waals surface area contributed by atoms with Gasteiger partial charge in [0.25, 0.3) is 0 Å². The highest BCUT2D eigenvalue weighted by Crippen LogP contribution is 2.16. The zero-order valence-electron chi connectivity index (χ0n) is 8.56. The summed E-state index contributed by atoms with van der Waals surface area (Å²) in [5.41, 5.74) is 6.99. The van der Waals surface area contributed by atoms with Gasteiger partial charge in [0.15, 0.2) is 0 Å². The molecule has 0 aliphatic rings. The molecule has 0 spiro atoms. The summed E-state index contributed by atoms with van der Waals surface area (Å²) in [5.74, 6) is 0.632. The van der Waals surface area contributed by atoms with Crippen LogP contribution < -0.4 is 10.5 Å². The van der Waals surface area contributed by atoms with Crippen LogP contribution in [-0.4, -0.2) is 12.1 Å².